The Morgan fingerprint density at radius 1 is 1.38 bits per heavy atom. The number of fused-ring (bicyclic) bond motifs is 1. The molecule has 3 rings (SSSR count). The van der Waals surface area contributed by atoms with Crippen molar-refractivity contribution in [2.45, 2.75) is 39.2 Å². The van der Waals surface area contributed by atoms with E-state index in [1.807, 2.05) is 0 Å². The van der Waals surface area contributed by atoms with Gasteiger partial charge in [-0.05, 0) is 49.8 Å². The van der Waals surface area contributed by atoms with Crippen LogP contribution in [0, 0.1) is 12.8 Å². The number of alkyl halides is 1. The predicted octanol–water partition coefficient (Wildman–Crippen LogP) is 3.94. The third-order valence-electron chi connectivity index (χ3n) is 4.02. The van der Waals surface area contributed by atoms with E-state index < -0.39 is 0 Å². The van der Waals surface area contributed by atoms with E-state index in [1.54, 1.807) is 0 Å². The number of nitrogens with zero attached hydrogens (tertiary/aromatic N) is 2. The molecule has 1 aliphatic rings. The fourth-order valence-corrected chi connectivity index (χ4v) is 2.84. The standard InChI is InChI=1S/C17H23ClN2O/c1-13-3-6-15-16(11-13)20(17(19-15)7-8-18)9-2-10-21-12-14-4-5-14/h3,6,11,14H,2,4-5,7-10,12H2,1H3. The highest BCUT2D eigenvalue weighted by Crippen LogP contribution is 2.28. The first-order valence-corrected chi connectivity index (χ1v) is 8.41. The fraction of sp³-hybridized carbons (Fsp3) is 0.588. The van der Waals surface area contributed by atoms with Crippen molar-refractivity contribution in [1.29, 1.82) is 0 Å². The SMILES string of the molecule is Cc1ccc2nc(CCCl)n(CCCOCC3CC3)c2c1. The monoisotopic (exact) mass is 306 g/mol. The second kappa shape index (κ2) is 6.80. The average molecular weight is 307 g/mol. The molecule has 0 N–H and O–H groups in total. The maximum absolute atomic E-state index is 5.91. The summed E-state index contributed by atoms with van der Waals surface area (Å²) in [5.41, 5.74) is 3.56. The van der Waals surface area contributed by atoms with Crippen LogP contribution in [0.4, 0.5) is 0 Å². The zero-order valence-corrected chi connectivity index (χ0v) is 13.4. The Morgan fingerprint density at radius 2 is 2.24 bits per heavy atom. The Morgan fingerprint density at radius 3 is 3.00 bits per heavy atom. The number of aryl methyl sites for hydroxylation is 3. The molecule has 1 heterocycles. The lowest BCUT2D eigenvalue weighted by molar-refractivity contribution is 0.119. The summed E-state index contributed by atoms with van der Waals surface area (Å²) in [6.07, 6.45) is 4.55. The van der Waals surface area contributed by atoms with E-state index in [0.29, 0.717) is 5.88 Å². The number of hydrogen-bond acceptors (Lipinski definition) is 2. The number of ether oxygens (including phenoxy) is 1. The molecule has 0 unspecified atom stereocenters. The third-order valence-corrected chi connectivity index (χ3v) is 4.21. The zero-order valence-electron chi connectivity index (χ0n) is 12.6. The summed E-state index contributed by atoms with van der Waals surface area (Å²) >= 11 is 5.91. The summed E-state index contributed by atoms with van der Waals surface area (Å²) < 4.78 is 8.04. The van der Waals surface area contributed by atoms with Crippen LogP contribution in [0.2, 0.25) is 0 Å². The summed E-state index contributed by atoms with van der Waals surface area (Å²) in [6, 6.07) is 6.43. The molecule has 21 heavy (non-hydrogen) atoms. The molecule has 0 bridgehead atoms. The predicted molar refractivity (Wildman–Crippen MR) is 87.1 cm³/mol. The molecule has 0 saturated heterocycles. The van der Waals surface area contributed by atoms with E-state index in [4.69, 9.17) is 21.3 Å². The van der Waals surface area contributed by atoms with Crippen LogP contribution in [0.15, 0.2) is 18.2 Å². The van der Waals surface area contributed by atoms with Gasteiger partial charge < -0.3 is 9.30 Å². The van der Waals surface area contributed by atoms with Crippen molar-refractivity contribution in [3.05, 3.63) is 29.6 Å². The van der Waals surface area contributed by atoms with Crippen LogP contribution >= 0.6 is 11.6 Å². The summed E-state index contributed by atoms with van der Waals surface area (Å²) in [7, 11) is 0. The minimum Gasteiger partial charge on any atom is -0.381 e. The molecular formula is C17H23ClN2O. The molecule has 1 aromatic carbocycles. The molecule has 1 aromatic heterocycles. The van der Waals surface area contributed by atoms with E-state index >= 15 is 0 Å². The molecule has 0 radical (unpaired) electrons. The first kappa shape index (κ1) is 14.9. The molecule has 0 atom stereocenters. The normalized spacial score (nSPS) is 15.0. The number of benzene rings is 1. The lowest BCUT2D eigenvalue weighted by atomic mass is 10.2. The lowest BCUT2D eigenvalue weighted by Crippen LogP contribution is -2.08. The van der Waals surface area contributed by atoms with Crippen LogP contribution in [0.25, 0.3) is 11.0 Å². The Bertz CT molecular complexity index is 604. The van der Waals surface area contributed by atoms with Crippen molar-refractivity contribution in [3.63, 3.8) is 0 Å². The lowest BCUT2D eigenvalue weighted by Gasteiger charge is -2.09. The molecule has 1 aliphatic carbocycles. The Kier molecular flexibility index (Phi) is 4.81. The number of rotatable bonds is 8. The van der Waals surface area contributed by atoms with Gasteiger partial charge >= 0.3 is 0 Å². The molecule has 3 nitrogen and oxygen atoms in total. The van der Waals surface area contributed by atoms with Gasteiger partial charge in [0, 0.05) is 32.1 Å². The Hall–Kier alpha value is -1.06. The van der Waals surface area contributed by atoms with Gasteiger partial charge in [0.1, 0.15) is 5.82 Å². The van der Waals surface area contributed by atoms with Crippen LogP contribution in [-0.2, 0) is 17.7 Å². The highest BCUT2D eigenvalue weighted by molar-refractivity contribution is 6.17. The molecule has 114 valence electrons. The van der Waals surface area contributed by atoms with Gasteiger partial charge in [-0.15, -0.1) is 11.6 Å². The van der Waals surface area contributed by atoms with E-state index in [9.17, 15) is 0 Å². The van der Waals surface area contributed by atoms with Crippen molar-refractivity contribution < 1.29 is 4.74 Å². The first-order chi connectivity index (χ1) is 10.3. The van der Waals surface area contributed by atoms with Gasteiger partial charge in [-0.3, -0.25) is 0 Å². The largest absolute Gasteiger partial charge is 0.381 e. The molecule has 1 fully saturated rings. The second-order valence-electron chi connectivity index (χ2n) is 5.98. The highest BCUT2D eigenvalue weighted by atomic mass is 35.5. The highest BCUT2D eigenvalue weighted by Gasteiger charge is 2.20. The van der Waals surface area contributed by atoms with Crippen LogP contribution in [-0.4, -0.2) is 28.6 Å². The van der Waals surface area contributed by atoms with E-state index in [-0.39, 0.29) is 0 Å². The number of imidazole rings is 1. The summed E-state index contributed by atoms with van der Waals surface area (Å²) in [5.74, 6) is 2.54. The van der Waals surface area contributed by atoms with Crippen LogP contribution in [0.3, 0.4) is 0 Å². The van der Waals surface area contributed by atoms with Crippen molar-refractivity contribution in [3.8, 4) is 0 Å². The fourth-order valence-electron chi connectivity index (χ4n) is 2.67. The molecule has 0 spiro atoms. The van der Waals surface area contributed by atoms with Crippen molar-refractivity contribution in [2.75, 3.05) is 19.1 Å². The topological polar surface area (TPSA) is 27.1 Å². The summed E-state index contributed by atoms with van der Waals surface area (Å²) in [5, 5.41) is 0. The van der Waals surface area contributed by atoms with E-state index in [0.717, 1.165) is 49.9 Å². The van der Waals surface area contributed by atoms with Crippen molar-refractivity contribution in [1.82, 2.24) is 9.55 Å². The number of halogens is 1. The number of aromatic nitrogens is 2. The van der Waals surface area contributed by atoms with Crippen LogP contribution < -0.4 is 0 Å². The van der Waals surface area contributed by atoms with Gasteiger partial charge in [-0.25, -0.2) is 4.98 Å². The number of hydrogen-bond donors (Lipinski definition) is 0. The third kappa shape index (κ3) is 3.78. The maximum Gasteiger partial charge on any atom is 0.111 e. The van der Waals surface area contributed by atoms with Gasteiger partial charge in [0.15, 0.2) is 0 Å². The van der Waals surface area contributed by atoms with Crippen LogP contribution in [0.1, 0.15) is 30.7 Å². The summed E-state index contributed by atoms with van der Waals surface area (Å²) in [6.45, 7) is 4.86. The van der Waals surface area contributed by atoms with Gasteiger partial charge in [-0.1, -0.05) is 6.07 Å². The Labute approximate surface area is 131 Å². The van der Waals surface area contributed by atoms with Gasteiger partial charge in [0.2, 0.25) is 0 Å². The maximum atomic E-state index is 5.91. The Balaban J connectivity index is 1.67. The molecule has 1 saturated carbocycles. The smallest absolute Gasteiger partial charge is 0.111 e. The molecule has 4 heteroatoms. The quantitative estimate of drug-likeness (QED) is 0.545. The van der Waals surface area contributed by atoms with Gasteiger partial charge in [-0.2, -0.15) is 0 Å². The summed E-state index contributed by atoms with van der Waals surface area (Å²) in [4.78, 5) is 4.72. The molecule has 0 amide bonds. The van der Waals surface area contributed by atoms with Gasteiger partial charge in [0.25, 0.3) is 0 Å². The molecule has 0 aliphatic heterocycles. The average Bonchev–Trinajstić information content (AvgIpc) is 3.23. The zero-order chi connectivity index (χ0) is 14.7. The molecule has 2 aromatic rings. The minimum atomic E-state index is 0.612. The van der Waals surface area contributed by atoms with Crippen molar-refractivity contribution >= 4 is 22.6 Å². The first-order valence-electron chi connectivity index (χ1n) is 7.87. The van der Waals surface area contributed by atoms with Crippen molar-refractivity contribution in [2.24, 2.45) is 5.92 Å². The minimum absolute atomic E-state index is 0.612. The van der Waals surface area contributed by atoms with Crippen LogP contribution in [0.5, 0.6) is 0 Å². The van der Waals surface area contributed by atoms with E-state index in [1.165, 1.54) is 23.9 Å². The van der Waals surface area contributed by atoms with E-state index in [2.05, 4.69) is 29.7 Å². The molecular weight excluding hydrogens is 284 g/mol. The van der Waals surface area contributed by atoms with Gasteiger partial charge in [0.05, 0.1) is 11.0 Å². The second-order valence-corrected chi connectivity index (χ2v) is 6.36.